The standard InChI is InChI=1S/C12H15ClN4O2/c1-7-11(13)8(2)17(16-7)5-10-14-15-12(19-10)9-3-4-18-6-9/h9H,3-6H2,1-2H3. The van der Waals surface area contributed by atoms with Crippen molar-refractivity contribution in [1.29, 1.82) is 0 Å². The third-order valence-corrected chi connectivity index (χ3v) is 3.89. The van der Waals surface area contributed by atoms with Gasteiger partial charge in [0, 0.05) is 6.61 Å². The van der Waals surface area contributed by atoms with E-state index in [1.54, 1.807) is 4.68 Å². The van der Waals surface area contributed by atoms with E-state index >= 15 is 0 Å². The maximum absolute atomic E-state index is 6.11. The van der Waals surface area contributed by atoms with Gasteiger partial charge in [0.25, 0.3) is 0 Å². The lowest BCUT2D eigenvalue weighted by Crippen LogP contribution is -2.04. The highest BCUT2D eigenvalue weighted by molar-refractivity contribution is 6.31. The highest BCUT2D eigenvalue weighted by Crippen LogP contribution is 2.24. The predicted octanol–water partition coefficient (Wildman–Crippen LogP) is 2.09. The molecule has 0 saturated carbocycles. The second-order valence-electron chi connectivity index (χ2n) is 4.74. The summed E-state index contributed by atoms with van der Waals surface area (Å²) in [6.45, 7) is 5.66. The van der Waals surface area contributed by atoms with Crippen LogP contribution in [0.25, 0.3) is 0 Å². The molecule has 0 amide bonds. The van der Waals surface area contributed by atoms with Crippen LogP contribution in [0.15, 0.2) is 4.42 Å². The van der Waals surface area contributed by atoms with E-state index in [1.165, 1.54) is 0 Å². The van der Waals surface area contributed by atoms with Crippen LogP contribution in [0.2, 0.25) is 5.02 Å². The van der Waals surface area contributed by atoms with Crippen LogP contribution in [0.5, 0.6) is 0 Å². The fourth-order valence-corrected chi connectivity index (χ4v) is 2.32. The van der Waals surface area contributed by atoms with Crippen molar-refractivity contribution < 1.29 is 9.15 Å². The van der Waals surface area contributed by atoms with Gasteiger partial charge in [-0.25, -0.2) is 0 Å². The molecular formula is C12H15ClN4O2. The summed E-state index contributed by atoms with van der Waals surface area (Å²) in [4.78, 5) is 0. The van der Waals surface area contributed by atoms with Gasteiger partial charge in [-0.15, -0.1) is 10.2 Å². The van der Waals surface area contributed by atoms with Crippen LogP contribution in [0.1, 0.15) is 35.5 Å². The first-order chi connectivity index (χ1) is 9.15. The van der Waals surface area contributed by atoms with Crippen LogP contribution in [-0.2, 0) is 11.3 Å². The smallest absolute Gasteiger partial charge is 0.237 e. The molecule has 1 fully saturated rings. The van der Waals surface area contributed by atoms with Crippen LogP contribution >= 0.6 is 11.6 Å². The third kappa shape index (κ3) is 2.37. The molecule has 0 aliphatic carbocycles. The van der Waals surface area contributed by atoms with Crippen LogP contribution in [-0.4, -0.2) is 33.2 Å². The fraction of sp³-hybridized carbons (Fsp3) is 0.583. The van der Waals surface area contributed by atoms with Crippen molar-refractivity contribution in [2.24, 2.45) is 0 Å². The zero-order valence-corrected chi connectivity index (χ0v) is 11.6. The minimum absolute atomic E-state index is 0.227. The Labute approximate surface area is 115 Å². The molecule has 1 aliphatic heterocycles. The number of hydrogen-bond donors (Lipinski definition) is 0. The molecule has 6 nitrogen and oxygen atoms in total. The van der Waals surface area contributed by atoms with Crippen molar-refractivity contribution in [1.82, 2.24) is 20.0 Å². The lowest BCUT2D eigenvalue weighted by atomic mass is 10.1. The van der Waals surface area contributed by atoms with Gasteiger partial charge in [-0.05, 0) is 20.3 Å². The van der Waals surface area contributed by atoms with E-state index in [9.17, 15) is 0 Å². The summed E-state index contributed by atoms with van der Waals surface area (Å²) < 4.78 is 12.8. The van der Waals surface area contributed by atoms with Gasteiger partial charge in [0.15, 0.2) is 0 Å². The maximum Gasteiger partial charge on any atom is 0.237 e. The lowest BCUT2D eigenvalue weighted by molar-refractivity contribution is 0.190. The monoisotopic (exact) mass is 282 g/mol. The molecule has 0 N–H and O–H groups in total. The number of hydrogen-bond acceptors (Lipinski definition) is 5. The number of ether oxygens (including phenoxy) is 1. The molecule has 0 aromatic carbocycles. The van der Waals surface area contributed by atoms with Crippen LogP contribution in [0.4, 0.5) is 0 Å². The van der Waals surface area contributed by atoms with Crippen molar-refractivity contribution in [3.63, 3.8) is 0 Å². The number of rotatable bonds is 3. The maximum atomic E-state index is 6.11. The minimum atomic E-state index is 0.227. The molecule has 102 valence electrons. The van der Waals surface area contributed by atoms with E-state index in [0.29, 0.717) is 30.0 Å². The Morgan fingerprint density at radius 3 is 2.84 bits per heavy atom. The summed E-state index contributed by atoms with van der Waals surface area (Å²) in [6.07, 6.45) is 0.938. The Kier molecular flexibility index (Phi) is 3.28. The molecule has 3 heterocycles. The number of aryl methyl sites for hydroxylation is 1. The molecule has 0 spiro atoms. The molecule has 3 rings (SSSR count). The molecule has 1 atom stereocenters. The van der Waals surface area contributed by atoms with Gasteiger partial charge < -0.3 is 9.15 Å². The quantitative estimate of drug-likeness (QED) is 0.862. The normalized spacial score (nSPS) is 19.2. The van der Waals surface area contributed by atoms with E-state index in [0.717, 1.165) is 24.4 Å². The molecule has 1 aliphatic rings. The highest BCUT2D eigenvalue weighted by atomic mass is 35.5. The molecule has 19 heavy (non-hydrogen) atoms. The van der Waals surface area contributed by atoms with Gasteiger partial charge in [-0.2, -0.15) is 5.10 Å². The Balaban J connectivity index is 1.78. The van der Waals surface area contributed by atoms with Crippen molar-refractivity contribution in [2.45, 2.75) is 32.7 Å². The largest absolute Gasteiger partial charge is 0.423 e. The van der Waals surface area contributed by atoms with E-state index in [4.69, 9.17) is 20.8 Å². The summed E-state index contributed by atoms with van der Waals surface area (Å²) in [6, 6.07) is 0. The van der Waals surface area contributed by atoms with Gasteiger partial charge in [-0.3, -0.25) is 4.68 Å². The number of aromatic nitrogens is 4. The predicted molar refractivity (Wildman–Crippen MR) is 68.3 cm³/mol. The average Bonchev–Trinajstić information content (AvgIpc) is 3.09. The second kappa shape index (κ2) is 4.94. The fourth-order valence-electron chi connectivity index (χ4n) is 2.18. The van der Waals surface area contributed by atoms with Crippen molar-refractivity contribution >= 4 is 11.6 Å². The van der Waals surface area contributed by atoms with E-state index in [1.807, 2.05) is 13.8 Å². The summed E-state index contributed by atoms with van der Waals surface area (Å²) in [7, 11) is 0. The summed E-state index contributed by atoms with van der Waals surface area (Å²) >= 11 is 6.11. The average molecular weight is 283 g/mol. The molecular weight excluding hydrogens is 268 g/mol. The van der Waals surface area contributed by atoms with Crippen molar-refractivity contribution in [3.8, 4) is 0 Å². The van der Waals surface area contributed by atoms with E-state index < -0.39 is 0 Å². The van der Waals surface area contributed by atoms with Crippen LogP contribution in [0.3, 0.4) is 0 Å². The van der Waals surface area contributed by atoms with Crippen molar-refractivity contribution in [3.05, 3.63) is 28.2 Å². The topological polar surface area (TPSA) is 66.0 Å². The Morgan fingerprint density at radius 1 is 1.37 bits per heavy atom. The second-order valence-corrected chi connectivity index (χ2v) is 5.11. The summed E-state index contributed by atoms with van der Waals surface area (Å²) in [5.41, 5.74) is 1.71. The molecule has 0 radical (unpaired) electrons. The van der Waals surface area contributed by atoms with Crippen molar-refractivity contribution in [2.75, 3.05) is 13.2 Å². The highest BCUT2D eigenvalue weighted by Gasteiger charge is 2.23. The van der Waals surface area contributed by atoms with Crippen LogP contribution < -0.4 is 0 Å². The van der Waals surface area contributed by atoms with Gasteiger partial charge in [0.2, 0.25) is 11.8 Å². The van der Waals surface area contributed by atoms with Gasteiger partial charge in [0.05, 0.1) is 28.9 Å². The first kappa shape index (κ1) is 12.6. The van der Waals surface area contributed by atoms with Gasteiger partial charge in [-0.1, -0.05) is 11.6 Å². The molecule has 2 aromatic heterocycles. The Morgan fingerprint density at radius 2 is 2.21 bits per heavy atom. The van der Waals surface area contributed by atoms with Crippen LogP contribution in [0, 0.1) is 13.8 Å². The third-order valence-electron chi connectivity index (χ3n) is 3.34. The summed E-state index contributed by atoms with van der Waals surface area (Å²) in [5.74, 6) is 1.43. The van der Waals surface area contributed by atoms with E-state index in [2.05, 4.69) is 15.3 Å². The lowest BCUT2D eigenvalue weighted by Gasteiger charge is -2.01. The zero-order valence-electron chi connectivity index (χ0n) is 10.9. The first-order valence-corrected chi connectivity index (χ1v) is 6.62. The number of halogens is 1. The molecule has 0 bridgehead atoms. The number of nitrogens with zero attached hydrogens (tertiary/aromatic N) is 4. The Hall–Kier alpha value is -1.40. The zero-order chi connectivity index (χ0) is 13.4. The molecule has 1 saturated heterocycles. The first-order valence-electron chi connectivity index (χ1n) is 6.24. The molecule has 2 aromatic rings. The molecule has 7 heteroatoms. The minimum Gasteiger partial charge on any atom is -0.423 e. The summed E-state index contributed by atoms with van der Waals surface area (Å²) in [5, 5.41) is 13.2. The Bertz CT molecular complexity index is 587. The van der Waals surface area contributed by atoms with E-state index in [-0.39, 0.29) is 5.92 Å². The van der Waals surface area contributed by atoms with Gasteiger partial charge in [0.1, 0.15) is 6.54 Å². The van der Waals surface area contributed by atoms with Gasteiger partial charge >= 0.3 is 0 Å². The SMILES string of the molecule is Cc1nn(Cc2nnc(C3CCOC3)o2)c(C)c1Cl. The molecule has 1 unspecified atom stereocenters.